The van der Waals surface area contributed by atoms with Crippen molar-refractivity contribution in [2.75, 3.05) is 0 Å². The van der Waals surface area contributed by atoms with Crippen LogP contribution in [-0.4, -0.2) is 5.92 Å². The highest BCUT2D eigenvalue weighted by molar-refractivity contribution is 6.14. The molecule has 6 rings (SSSR count). The number of hydrogen-bond acceptors (Lipinski definition) is 2. The monoisotopic (exact) mass is 451 g/mol. The van der Waals surface area contributed by atoms with Crippen LogP contribution < -0.4 is 4.57 Å². The molecule has 3 aromatic carbocycles. The van der Waals surface area contributed by atoms with E-state index in [1.165, 1.54) is 0 Å². The average molecular weight is 451 g/mol. The lowest BCUT2D eigenvalue weighted by Crippen LogP contribution is -2.30. The third-order valence-electron chi connectivity index (χ3n) is 6.84. The van der Waals surface area contributed by atoms with Gasteiger partial charge in [-0.25, -0.2) is 13.3 Å². The summed E-state index contributed by atoms with van der Waals surface area (Å²) in [6, 6.07) is 21.5. The fraction of sp³-hybridized carbons (Fsp3) is 0.172. The van der Waals surface area contributed by atoms with Crippen LogP contribution in [0.1, 0.15) is 22.3 Å². The Kier molecular flexibility index (Phi) is 4.37. The zero-order valence-corrected chi connectivity index (χ0v) is 18.8. The molecule has 0 N–H and O–H groups in total. The second-order valence-electron chi connectivity index (χ2n) is 9.10. The van der Waals surface area contributed by atoms with Crippen LogP contribution >= 0.6 is 0 Å². The Labute approximate surface area is 195 Å². The number of aryl methyl sites for hydroxylation is 2. The van der Waals surface area contributed by atoms with E-state index in [-0.39, 0.29) is 12.8 Å². The first-order valence-corrected chi connectivity index (χ1v) is 11.2. The quantitative estimate of drug-likeness (QED) is 0.282. The zero-order chi connectivity index (χ0) is 23.6. The van der Waals surface area contributed by atoms with Gasteiger partial charge in [0.05, 0.1) is 17.2 Å². The van der Waals surface area contributed by atoms with Crippen LogP contribution in [0.4, 0.5) is 8.78 Å². The molecule has 0 amide bonds. The van der Waals surface area contributed by atoms with Crippen molar-refractivity contribution in [1.82, 2.24) is 0 Å². The molecule has 0 fully saturated rings. The molecule has 2 heterocycles. The van der Waals surface area contributed by atoms with E-state index in [0.717, 1.165) is 38.7 Å². The SMILES string of the molecule is Cc1ccc2c(oc3c(-c4ccc5c(c4)CC(F)(F)C5)c(C#N)ccc32)c1-c1cccc[n+]1C. The molecule has 0 saturated carbocycles. The van der Waals surface area contributed by atoms with Crippen LogP contribution in [0.15, 0.2) is 71.3 Å². The number of aromatic nitrogens is 1. The maximum Gasteiger partial charge on any atom is 0.256 e. The number of rotatable bonds is 2. The molecule has 5 aromatic rings. The van der Waals surface area contributed by atoms with Crippen molar-refractivity contribution in [2.45, 2.75) is 25.7 Å². The number of benzene rings is 3. The molecule has 0 spiro atoms. The van der Waals surface area contributed by atoms with Gasteiger partial charge in [0.15, 0.2) is 6.20 Å². The largest absolute Gasteiger partial charge is 0.454 e. The minimum absolute atomic E-state index is 0.237. The molecule has 0 bridgehead atoms. The predicted octanol–water partition coefficient (Wildman–Crippen LogP) is 6.66. The van der Waals surface area contributed by atoms with Crippen LogP contribution in [0, 0.1) is 18.3 Å². The molecule has 1 aliphatic carbocycles. The van der Waals surface area contributed by atoms with Crippen LogP contribution in [0.3, 0.4) is 0 Å². The van der Waals surface area contributed by atoms with Crippen molar-refractivity contribution in [3.05, 3.63) is 89.1 Å². The second-order valence-corrected chi connectivity index (χ2v) is 9.10. The molecule has 0 atom stereocenters. The van der Waals surface area contributed by atoms with Crippen molar-refractivity contribution < 1.29 is 17.8 Å². The molecule has 3 nitrogen and oxygen atoms in total. The van der Waals surface area contributed by atoms with Gasteiger partial charge in [-0.1, -0.05) is 30.3 Å². The number of fused-ring (bicyclic) bond motifs is 4. The summed E-state index contributed by atoms with van der Waals surface area (Å²) in [5, 5.41) is 11.7. The van der Waals surface area contributed by atoms with Gasteiger partial charge in [0.1, 0.15) is 18.2 Å². The lowest BCUT2D eigenvalue weighted by atomic mass is 9.94. The van der Waals surface area contributed by atoms with Crippen molar-refractivity contribution in [3.8, 4) is 28.5 Å². The number of nitrogens with zero attached hydrogens (tertiary/aromatic N) is 2. The van der Waals surface area contributed by atoms with Crippen LogP contribution in [0.25, 0.3) is 44.3 Å². The molecule has 0 aliphatic heterocycles. The Morgan fingerprint density at radius 3 is 2.41 bits per heavy atom. The van der Waals surface area contributed by atoms with E-state index < -0.39 is 5.92 Å². The lowest BCUT2D eigenvalue weighted by Gasteiger charge is -2.08. The van der Waals surface area contributed by atoms with Crippen molar-refractivity contribution in [2.24, 2.45) is 7.05 Å². The van der Waals surface area contributed by atoms with Gasteiger partial charge in [-0.3, -0.25) is 0 Å². The average Bonchev–Trinajstić information content (AvgIpc) is 3.33. The molecular formula is C29H21F2N2O+. The van der Waals surface area contributed by atoms with Gasteiger partial charge in [-0.05, 0) is 47.4 Å². The van der Waals surface area contributed by atoms with Crippen LogP contribution in [-0.2, 0) is 19.9 Å². The Morgan fingerprint density at radius 1 is 0.912 bits per heavy atom. The van der Waals surface area contributed by atoms with Crippen LogP contribution in [0.5, 0.6) is 0 Å². The third-order valence-corrected chi connectivity index (χ3v) is 6.84. The number of pyridine rings is 1. The zero-order valence-electron chi connectivity index (χ0n) is 18.8. The molecule has 1 aliphatic rings. The highest BCUT2D eigenvalue weighted by Gasteiger charge is 2.37. The van der Waals surface area contributed by atoms with E-state index in [4.69, 9.17) is 4.42 Å². The van der Waals surface area contributed by atoms with Gasteiger partial charge >= 0.3 is 0 Å². The first kappa shape index (κ1) is 20.6. The predicted molar refractivity (Wildman–Crippen MR) is 128 cm³/mol. The Balaban J connectivity index is 1.66. The molecule has 0 radical (unpaired) electrons. The van der Waals surface area contributed by atoms with Gasteiger partial charge < -0.3 is 4.42 Å². The highest BCUT2D eigenvalue weighted by atomic mass is 19.3. The van der Waals surface area contributed by atoms with Crippen molar-refractivity contribution >= 4 is 21.9 Å². The summed E-state index contributed by atoms with van der Waals surface area (Å²) < 4.78 is 36.6. The molecule has 0 saturated heterocycles. The van der Waals surface area contributed by atoms with Gasteiger partial charge in [-0.2, -0.15) is 5.26 Å². The van der Waals surface area contributed by atoms with Crippen molar-refractivity contribution in [3.63, 3.8) is 0 Å². The third kappa shape index (κ3) is 3.03. The molecule has 34 heavy (non-hydrogen) atoms. The maximum absolute atomic E-state index is 14.0. The fourth-order valence-electron chi connectivity index (χ4n) is 5.22. The van der Waals surface area contributed by atoms with Gasteiger partial charge in [0.2, 0.25) is 5.69 Å². The fourth-order valence-corrected chi connectivity index (χ4v) is 5.22. The smallest absolute Gasteiger partial charge is 0.256 e. The number of nitriles is 1. The maximum atomic E-state index is 14.0. The molecule has 166 valence electrons. The molecule has 5 heteroatoms. The Morgan fingerprint density at radius 2 is 1.65 bits per heavy atom. The normalized spacial score (nSPS) is 14.4. The lowest BCUT2D eigenvalue weighted by molar-refractivity contribution is -0.660. The van der Waals surface area contributed by atoms with E-state index in [2.05, 4.69) is 29.7 Å². The van der Waals surface area contributed by atoms with E-state index in [0.29, 0.717) is 27.8 Å². The summed E-state index contributed by atoms with van der Waals surface area (Å²) in [5.74, 6) is -2.72. The number of furan rings is 1. The second kappa shape index (κ2) is 7.23. The highest BCUT2D eigenvalue weighted by Crippen LogP contribution is 2.43. The van der Waals surface area contributed by atoms with E-state index in [9.17, 15) is 14.0 Å². The number of alkyl halides is 2. The summed E-state index contributed by atoms with van der Waals surface area (Å²) >= 11 is 0. The van der Waals surface area contributed by atoms with Gasteiger partial charge in [0.25, 0.3) is 5.92 Å². The van der Waals surface area contributed by atoms with E-state index in [1.54, 1.807) is 18.2 Å². The summed E-state index contributed by atoms with van der Waals surface area (Å²) in [5.41, 5.74) is 7.57. The molecule has 0 unspecified atom stereocenters. The Bertz CT molecular complexity index is 1670. The van der Waals surface area contributed by atoms with E-state index in [1.807, 2.05) is 43.6 Å². The van der Waals surface area contributed by atoms with E-state index >= 15 is 0 Å². The number of hydrogen-bond donors (Lipinski definition) is 0. The first-order valence-electron chi connectivity index (χ1n) is 11.2. The molecule has 2 aromatic heterocycles. The number of halogens is 2. The Hall–Kier alpha value is -4.04. The van der Waals surface area contributed by atoms with Crippen molar-refractivity contribution in [1.29, 1.82) is 5.26 Å². The molecular weight excluding hydrogens is 430 g/mol. The topological polar surface area (TPSA) is 40.8 Å². The summed E-state index contributed by atoms with van der Waals surface area (Å²) in [4.78, 5) is 0. The van der Waals surface area contributed by atoms with Crippen LogP contribution in [0.2, 0.25) is 0 Å². The van der Waals surface area contributed by atoms with Gasteiger partial charge in [0, 0.05) is 41.3 Å². The minimum Gasteiger partial charge on any atom is -0.454 e. The summed E-state index contributed by atoms with van der Waals surface area (Å²) in [6.45, 7) is 2.05. The minimum atomic E-state index is -2.72. The first-order chi connectivity index (χ1) is 16.4. The summed E-state index contributed by atoms with van der Waals surface area (Å²) in [6.07, 6.45) is 1.48. The van der Waals surface area contributed by atoms with Gasteiger partial charge in [-0.15, -0.1) is 0 Å². The summed E-state index contributed by atoms with van der Waals surface area (Å²) in [7, 11) is 2.00. The standard InChI is InChI=1S/C29H21F2N2O/c1-17-6-10-22-23-11-9-20(16-32)26(18-7-8-19-14-29(30,31)15-21(19)13-18)28(23)34-27(22)25(17)24-5-3-4-12-33(24)2/h3-13H,14-15H2,1-2H3/q+1.